The van der Waals surface area contributed by atoms with Crippen molar-refractivity contribution in [3.05, 3.63) is 59.9 Å². The minimum atomic E-state index is 0.0797. The van der Waals surface area contributed by atoms with Crippen LogP contribution in [0, 0.1) is 0 Å². The van der Waals surface area contributed by atoms with Crippen molar-refractivity contribution in [1.82, 2.24) is 14.4 Å². The SMILES string of the molecule is Cn1cccc1CN(C(=O)CN(C(=O)Cc1ccccc1)C1CCCCC1)C1CC1. The van der Waals surface area contributed by atoms with Gasteiger partial charge in [0.2, 0.25) is 11.8 Å². The van der Waals surface area contributed by atoms with Crippen LogP contribution < -0.4 is 0 Å². The lowest BCUT2D eigenvalue weighted by molar-refractivity contribution is -0.143. The normalized spacial score (nSPS) is 17.0. The van der Waals surface area contributed by atoms with E-state index < -0.39 is 0 Å². The molecule has 160 valence electrons. The van der Waals surface area contributed by atoms with Crippen LogP contribution in [0.4, 0.5) is 0 Å². The molecule has 0 aliphatic heterocycles. The topological polar surface area (TPSA) is 45.6 Å². The first-order chi connectivity index (χ1) is 14.6. The van der Waals surface area contributed by atoms with Crippen molar-refractivity contribution in [3.63, 3.8) is 0 Å². The highest BCUT2D eigenvalue weighted by Crippen LogP contribution is 2.29. The maximum atomic E-state index is 13.4. The van der Waals surface area contributed by atoms with E-state index in [1.165, 1.54) is 6.42 Å². The molecule has 0 saturated heterocycles. The minimum absolute atomic E-state index is 0.0797. The molecule has 0 radical (unpaired) electrons. The fourth-order valence-electron chi connectivity index (χ4n) is 4.56. The van der Waals surface area contributed by atoms with Crippen molar-refractivity contribution in [2.45, 2.75) is 70.0 Å². The van der Waals surface area contributed by atoms with Crippen molar-refractivity contribution in [3.8, 4) is 0 Å². The number of rotatable bonds is 8. The number of aromatic nitrogens is 1. The van der Waals surface area contributed by atoms with E-state index in [4.69, 9.17) is 0 Å². The molecule has 0 unspecified atom stereocenters. The third kappa shape index (κ3) is 5.13. The van der Waals surface area contributed by atoms with Crippen molar-refractivity contribution < 1.29 is 9.59 Å². The van der Waals surface area contributed by atoms with Gasteiger partial charge in [0.1, 0.15) is 6.54 Å². The highest BCUT2D eigenvalue weighted by atomic mass is 16.2. The van der Waals surface area contributed by atoms with Gasteiger partial charge >= 0.3 is 0 Å². The summed E-state index contributed by atoms with van der Waals surface area (Å²) >= 11 is 0. The Balaban J connectivity index is 1.48. The molecule has 0 N–H and O–H groups in total. The third-order valence-electron chi connectivity index (χ3n) is 6.53. The van der Waals surface area contributed by atoms with Gasteiger partial charge in [-0.15, -0.1) is 0 Å². The molecule has 1 aromatic heterocycles. The lowest BCUT2D eigenvalue weighted by Gasteiger charge is -2.35. The molecule has 0 spiro atoms. The van der Waals surface area contributed by atoms with Crippen LogP contribution in [0.15, 0.2) is 48.7 Å². The first-order valence-corrected chi connectivity index (χ1v) is 11.3. The van der Waals surface area contributed by atoms with Crippen LogP contribution in [0.25, 0.3) is 0 Å². The second-order valence-electron chi connectivity index (χ2n) is 8.84. The van der Waals surface area contributed by atoms with Gasteiger partial charge in [0.05, 0.1) is 13.0 Å². The molecule has 5 nitrogen and oxygen atoms in total. The first kappa shape index (κ1) is 20.7. The molecule has 0 atom stereocenters. The summed E-state index contributed by atoms with van der Waals surface area (Å²) in [7, 11) is 2.02. The Morgan fingerprint density at radius 2 is 1.57 bits per heavy atom. The van der Waals surface area contributed by atoms with Crippen LogP contribution in [0.5, 0.6) is 0 Å². The number of hydrogen-bond acceptors (Lipinski definition) is 2. The Bertz CT molecular complexity index is 850. The maximum Gasteiger partial charge on any atom is 0.242 e. The van der Waals surface area contributed by atoms with Gasteiger partial charge in [-0.2, -0.15) is 0 Å². The van der Waals surface area contributed by atoms with Crippen molar-refractivity contribution in [2.75, 3.05) is 6.54 Å². The van der Waals surface area contributed by atoms with E-state index in [0.717, 1.165) is 49.8 Å². The van der Waals surface area contributed by atoms with E-state index >= 15 is 0 Å². The monoisotopic (exact) mass is 407 g/mol. The average Bonchev–Trinajstić information content (AvgIpc) is 3.53. The number of amides is 2. The Morgan fingerprint density at radius 3 is 2.20 bits per heavy atom. The molecule has 1 aromatic carbocycles. The molecule has 2 saturated carbocycles. The molecule has 2 aliphatic carbocycles. The molecule has 2 aliphatic rings. The van der Waals surface area contributed by atoms with E-state index in [0.29, 0.717) is 19.0 Å². The first-order valence-electron chi connectivity index (χ1n) is 11.3. The highest BCUT2D eigenvalue weighted by Gasteiger charge is 2.35. The zero-order valence-corrected chi connectivity index (χ0v) is 18.0. The van der Waals surface area contributed by atoms with E-state index in [2.05, 4.69) is 10.6 Å². The predicted octanol–water partition coefficient (Wildman–Crippen LogP) is 3.92. The van der Waals surface area contributed by atoms with E-state index in [1.807, 2.05) is 59.4 Å². The van der Waals surface area contributed by atoms with E-state index in [9.17, 15) is 9.59 Å². The summed E-state index contributed by atoms with van der Waals surface area (Å²) < 4.78 is 2.07. The standard InChI is InChI=1S/C25H33N3O2/c1-26-16-8-13-23(26)18-27(22-14-15-22)25(30)19-28(21-11-6-3-7-12-21)24(29)17-20-9-4-2-5-10-20/h2,4-5,8-10,13,16,21-22H,3,6-7,11-12,14-15,17-19H2,1H3. The Morgan fingerprint density at radius 1 is 0.867 bits per heavy atom. The highest BCUT2D eigenvalue weighted by molar-refractivity contribution is 5.86. The van der Waals surface area contributed by atoms with Crippen LogP contribution in [0.2, 0.25) is 0 Å². The van der Waals surface area contributed by atoms with Gasteiger partial charge in [-0.3, -0.25) is 9.59 Å². The van der Waals surface area contributed by atoms with Crippen LogP contribution in [0.1, 0.15) is 56.2 Å². The second-order valence-corrected chi connectivity index (χ2v) is 8.84. The fraction of sp³-hybridized carbons (Fsp3) is 0.520. The summed E-state index contributed by atoms with van der Waals surface area (Å²) in [6, 6.07) is 14.5. The summed E-state index contributed by atoms with van der Waals surface area (Å²) in [6.45, 7) is 0.829. The lowest BCUT2D eigenvalue weighted by Crippen LogP contribution is -2.49. The van der Waals surface area contributed by atoms with Crippen LogP contribution in [0.3, 0.4) is 0 Å². The Kier molecular flexibility index (Phi) is 6.56. The van der Waals surface area contributed by atoms with Crippen LogP contribution in [-0.2, 0) is 29.6 Å². The van der Waals surface area contributed by atoms with Gasteiger partial charge in [-0.05, 0) is 43.4 Å². The molecule has 4 rings (SSSR count). The average molecular weight is 408 g/mol. The molecule has 0 bridgehead atoms. The van der Waals surface area contributed by atoms with Gasteiger partial charge < -0.3 is 14.4 Å². The third-order valence-corrected chi connectivity index (χ3v) is 6.53. The Labute approximate surface area is 179 Å². The van der Waals surface area contributed by atoms with Crippen molar-refractivity contribution in [2.24, 2.45) is 7.05 Å². The van der Waals surface area contributed by atoms with Crippen LogP contribution in [-0.4, -0.2) is 44.8 Å². The smallest absolute Gasteiger partial charge is 0.242 e. The van der Waals surface area contributed by atoms with Crippen molar-refractivity contribution in [1.29, 1.82) is 0 Å². The number of hydrogen-bond donors (Lipinski definition) is 0. The largest absolute Gasteiger partial charge is 0.353 e. The molecule has 30 heavy (non-hydrogen) atoms. The summed E-state index contributed by atoms with van der Waals surface area (Å²) in [4.78, 5) is 30.6. The number of nitrogens with zero attached hydrogens (tertiary/aromatic N) is 3. The molecular formula is C25H33N3O2. The lowest BCUT2D eigenvalue weighted by atomic mass is 9.93. The summed E-state index contributed by atoms with van der Waals surface area (Å²) in [5, 5.41) is 0. The van der Waals surface area contributed by atoms with Crippen molar-refractivity contribution >= 4 is 11.8 Å². The summed E-state index contributed by atoms with van der Waals surface area (Å²) in [6.07, 6.45) is 10.0. The zero-order chi connectivity index (χ0) is 20.9. The predicted molar refractivity (Wildman–Crippen MR) is 118 cm³/mol. The quantitative estimate of drug-likeness (QED) is 0.666. The maximum absolute atomic E-state index is 13.4. The number of aryl methyl sites for hydroxylation is 1. The number of benzene rings is 1. The van der Waals surface area contributed by atoms with Gasteiger partial charge in [0, 0.05) is 31.0 Å². The van der Waals surface area contributed by atoms with Crippen LogP contribution >= 0.6 is 0 Å². The summed E-state index contributed by atoms with van der Waals surface area (Å²) in [5.41, 5.74) is 2.15. The van der Waals surface area contributed by atoms with Gasteiger partial charge in [-0.25, -0.2) is 0 Å². The molecule has 2 amide bonds. The molecule has 5 heteroatoms. The van der Waals surface area contributed by atoms with Gasteiger partial charge in [-0.1, -0.05) is 49.6 Å². The Hall–Kier alpha value is -2.56. The van der Waals surface area contributed by atoms with Gasteiger partial charge in [0.25, 0.3) is 0 Å². The van der Waals surface area contributed by atoms with E-state index in [1.54, 1.807) is 0 Å². The molecule has 2 fully saturated rings. The second kappa shape index (κ2) is 9.50. The van der Waals surface area contributed by atoms with Gasteiger partial charge in [0.15, 0.2) is 0 Å². The number of carbonyl (C=O) groups excluding carboxylic acids is 2. The minimum Gasteiger partial charge on any atom is -0.353 e. The number of carbonyl (C=O) groups is 2. The summed E-state index contributed by atoms with van der Waals surface area (Å²) in [5.74, 6) is 0.168. The zero-order valence-electron chi connectivity index (χ0n) is 18.0. The molecule has 2 aromatic rings. The fourth-order valence-corrected chi connectivity index (χ4v) is 4.56. The van der Waals surface area contributed by atoms with E-state index in [-0.39, 0.29) is 24.4 Å². The molecule has 1 heterocycles. The molecular weight excluding hydrogens is 374 g/mol.